The maximum Gasteiger partial charge on any atom is 0.170 e. The van der Waals surface area contributed by atoms with Crippen molar-refractivity contribution in [3.8, 4) is 0 Å². The van der Waals surface area contributed by atoms with Gasteiger partial charge in [-0.1, -0.05) is 30.3 Å². The number of hydrogen-bond acceptors (Lipinski definition) is 3. The third-order valence-electron chi connectivity index (χ3n) is 1.60. The number of rotatable bonds is 4. The Kier molecular flexibility index (Phi) is 2.30. The third-order valence-corrected chi connectivity index (χ3v) is 1.60. The molecule has 3 nitrogen and oxygen atoms in total. The first-order valence-electron chi connectivity index (χ1n) is 5.26. The molecule has 1 atom stereocenters. The van der Waals surface area contributed by atoms with Gasteiger partial charge in [0.05, 0.1) is 21.8 Å². The largest absolute Gasteiger partial charge is 0.396 e. The van der Waals surface area contributed by atoms with Gasteiger partial charge in [0.2, 0.25) is 0 Å². The summed E-state index contributed by atoms with van der Waals surface area (Å²) in [4.78, 5) is 11.8. The number of ketones is 1. The van der Waals surface area contributed by atoms with Gasteiger partial charge in [0.1, 0.15) is 0 Å². The molecule has 0 radical (unpaired) electrons. The summed E-state index contributed by atoms with van der Waals surface area (Å²) in [7, 11) is 0. The lowest BCUT2D eigenvalue weighted by atomic mass is 9.99. The molecule has 1 rings (SSSR count). The van der Waals surface area contributed by atoms with E-state index in [1.807, 2.05) is 0 Å². The fourth-order valence-electron chi connectivity index (χ4n) is 0.922. The molecule has 13 heavy (non-hydrogen) atoms. The van der Waals surface area contributed by atoms with Gasteiger partial charge in [0, 0.05) is 6.93 Å². The van der Waals surface area contributed by atoms with Crippen molar-refractivity contribution in [2.75, 3.05) is 13.2 Å². The second-order valence-electron chi connectivity index (χ2n) is 2.44. The Balaban J connectivity index is 3.13. The standard InChI is InChI=1S/C10H12O3/c11-6-9(7-12)10(13)8-4-2-1-3-5-8/h1-5,9,11-12H,6-7H2/i6D2,9D. The molecule has 0 saturated heterocycles. The quantitative estimate of drug-likeness (QED) is 0.667. The van der Waals surface area contributed by atoms with E-state index in [1.54, 1.807) is 18.2 Å². The summed E-state index contributed by atoms with van der Waals surface area (Å²) in [6, 6.07) is 7.56. The van der Waals surface area contributed by atoms with Crippen LogP contribution in [-0.4, -0.2) is 29.2 Å². The smallest absolute Gasteiger partial charge is 0.170 e. The lowest BCUT2D eigenvalue weighted by molar-refractivity contribution is 0.0769. The van der Waals surface area contributed by atoms with Crippen molar-refractivity contribution < 1.29 is 19.1 Å². The molecule has 2 N–H and O–H groups in total. The van der Waals surface area contributed by atoms with Gasteiger partial charge in [-0.3, -0.25) is 4.79 Å². The molecule has 0 bridgehead atoms. The summed E-state index contributed by atoms with van der Waals surface area (Å²) in [6.07, 6.45) is 0. The molecular formula is C10H12O3. The van der Waals surface area contributed by atoms with Crippen LogP contribution in [0.3, 0.4) is 0 Å². The van der Waals surface area contributed by atoms with Gasteiger partial charge < -0.3 is 10.2 Å². The molecule has 0 aliphatic carbocycles. The Hall–Kier alpha value is -1.19. The Bertz CT molecular complexity index is 375. The Morgan fingerprint density at radius 1 is 1.46 bits per heavy atom. The highest BCUT2D eigenvalue weighted by atomic mass is 16.3. The highest BCUT2D eigenvalue weighted by molar-refractivity contribution is 5.97. The van der Waals surface area contributed by atoms with Crippen LogP contribution in [0.5, 0.6) is 0 Å². The molecule has 0 aliphatic heterocycles. The summed E-state index contributed by atoms with van der Waals surface area (Å²) in [5.41, 5.74) is 0.0736. The third kappa shape index (κ3) is 2.37. The zero-order valence-electron chi connectivity index (χ0n) is 9.90. The fraction of sp³-hybridized carbons (Fsp3) is 0.300. The number of aliphatic hydroxyl groups is 2. The van der Waals surface area contributed by atoms with Crippen LogP contribution in [0.2, 0.25) is 0 Å². The molecule has 0 fully saturated rings. The van der Waals surface area contributed by atoms with Crippen molar-refractivity contribution in [1.82, 2.24) is 0 Å². The van der Waals surface area contributed by atoms with Crippen LogP contribution in [0.15, 0.2) is 30.3 Å². The van der Waals surface area contributed by atoms with Gasteiger partial charge in [-0.2, -0.15) is 0 Å². The van der Waals surface area contributed by atoms with Crippen molar-refractivity contribution in [1.29, 1.82) is 0 Å². The maximum absolute atomic E-state index is 11.8. The summed E-state index contributed by atoms with van der Waals surface area (Å²) in [5.74, 6) is -3.56. The first-order valence-corrected chi connectivity index (χ1v) is 3.76. The zero-order valence-corrected chi connectivity index (χ0v) is 6.90. The molecule has 0 heterocycles. The Labute approximate surface area is 80.9 Å². The minimum Gasteiger partial charge on any atom is -0.396 e. The van der Waals surface area contributed by atoms with Gasteiger partial charge in [-0.15, -0.1) is 0 Å². The Morgan fingerprint density at radius 3 is 2.54 bits per heavy atom. The predicted octanol–water partition coefficient (Wildman–Crippen LogP) is 0.470. The lowest BCUT2D eigenvalue weighted by Gasteiger charge is -2.08. The van der Waals surface area contributed by atoms with Crippen LogP contribution in [0.25, 0.3) is 0 Å². The number of benzene rings is 1. The van der Waals surface area contributed by atoms with Crippen LogP contribution < -0.4 is 0 Å². The van der Waals surface area contributed by atoms with Gasteiger partial charge in [-0.25, -0.2) is 0 Å². The summed E-state index contributed by atoms with van der Waals surface area (Å²) in [5, 5.41) is 18.1. The zero-order chi connectivity index (χ0) is 12.4. The average Bonchev–Trinajstić information content (AvgIpc) is 2.26. The number of carbonyl (C=O) groups is 1. The monoisotopic (exact) mass is 183 g/mol. The van der Waals surface area contributed by atoms with E-state index < -0.39 is 24.8 Å². The van der Waals surface area contributed by atoms with Gasteiger partial charge >= 0.3 is 0 Å². The number of carbonyl (C=O) groups excluding carboxylic acids is 1. The van der Waals surface area contributed by atoms with E-state index in [0.717, 1.165) is 0 Å². The topological polar surface area (TPSA) is 57.5 Å². The van der Waals surface area contributed by atoms with Crippen molar-refractivity contribution >= 4 is 5.78 Å². The molecule has 0 spiro atoms. The van der Waals surface area contributed by atoms with Gasteiger partial charge in [-0.05, 0) is 0 Å². The molecule has 0 amide bonds. The van der Waals surface area contributed by atoms with Crippen LogP contribution in [0, 0.1) is 5.89 Å². The van der Waals surface area contributed by atoms with Gasteiger partial charge in [0.25, 0.3) is 0 Å². The summed E-state index contributed by atoms with van der Waals surface area (Å²) >= 11 is 0. The minimum absolute atomic E-state index is 0.0736. The minimum atomic E-state index is -3.10. The molecule has 0 saturated carbocycles. The fourth-order valence-corrected chi connectivity index (χ4v) is 0.922. The molecule has 3 heteroatoms. The molecule has 1 aromatic rings. The molecule has 1 aromatic carbocycles. The van der Waals surface area contributed by atoms with Gasteiger partial charge in [0.15, 0.2) is 5.78 Å². The van der Waals surface area contributed by atoms with Crippen molar-refractivity contribution in [3.05, 3.63) is 35.9 Å². The SMILES string of the molecule is [2H]C([2H])(O)C([2H])(CO)C(=O)c1ccccc1. The number of Topliss-reactive ketones (excluding diaryl/α,β-unsaturated/α-hetero) is 1. The highest BCUT2D eigenvalue weighted by Gasteiger charge is 2.17. The summed E-state index contributed by atoms with van der Waals surface area (Å²) in [6.45, 7) is -4.20. The van der Waals surface area contributed by atoms with Crippen LogP contribution in [0.4, 0.5) is 0 Å². The Morgan fingerprint density at radius 2 is 2.08 bits per heavy atom. The molecular weight excluding hydrogens is 168 g/mol. The molecule has 1 unspecified atom stereocenters. The normalized spacial score (nSPS) is 19.4. The predicted molar refractivity (Wildman–Crippen MR) is 48.4 cm³/mol. The van der Waals surface area contributed by atoms with E-state index in [0.29, 0.717) is 0 Å². The van der Waals surface area contributed by atoms with E-state index in [4.69, 9.17) is 14.3 Å². The first-order chi connectivity index (χ1) is 7.33. The van der Waals surface area contributed by atoms with Crippen molar-refractivity contribution in [3.63, 3.8) is 0 Å². The van der Waals surface area contributed by atoms with Crippen molar-refractivity contribution in [2.45, 2.75) is 0 Å². The van der Waals surface area contributed by atoms with Crippen LogP contribution in [-0.2, 0) is 0 Å². The van der Waals surface area contributed by atoms with E-state index >= 15 is 0 Å². The van der Waals surface area contributed by atoms with Crippen LogP contribution >= 0.6 is 0 Å². The first kappa shape index (κ1) is 6.29. The van der Waals surface area contributed by atoms with E-state index in [1.165, 1.54) is 12.1 Å². The van der Waals surface area contributed by atoms with Crippen LogP contribution in [0.1, 0.15) is 14.5 Å². The van der Waals surface area contributed by atoms with E-state index in [-0.39, 0.29) is 5.56 Å². The second kappa shape index (κ2) is 4.74. The molecule has 0 aliphatic rings. The maximum atomic E-state index is 11.8. The van der Waals surface area contributed by atoms with E-state index in [9.17, 15) is 4.79 Å². The number of hydrogen-bond donors (Lipinski definition) is 2. The summed E-state index contributed by atoms with van der Waals surface area (Å²) < 4.78 is 21.6. The second-order valence-corrected chi connectivity index (χ2v) is 2.44. The van der Waals surface area contributed by atoms with Crippen molar-refractivity contribution in [2.24, 2.45) is 5.89 Å². The molecule has 70 valence electrons. The average molecular weight is 183 g/mol. The lowest BCUT2D eigenvalue weighted by Crippen LogP contribution is -2.22. The highest BCUT2D eigenvalue weighted by Crippen LogP contribution is 2.07. The number of aliphatic hydroxyl groups excluding tert-OH is 1. The van der Waals surface area contributed by atoms with E-state index in [2.05, 4.69) is 0 Å². The molecule has 0 aromatic heterocycles.